The van der Waals surface area contributed by atoms with Crippen molar-refractivity contribution >= 4 is 40.2 Å². The number of imidazole rings is 1. The molecule has 2 aliphatic rings. The van der Waals surface area contributed by atoms with Crippen molar-refractivity contribution in [2.45, 2.75) is 32.1 Å². The molecule has 0 radical (unpaired) electrons. The van der Waals surface area contributed by atoms with Crippen molar-refractivity contribution in [3.8, 4) is 0 Å². The van der Waals surface area contributed by atoms with Gasteiger partial charge in [-0.15, -0.1) is 13.2 Å². The molecule has 0 amide bonds. The summed E-state index contributed by atoms with van der Waals surface area (Å²) in [6, 6.07) is 6.73. The summed E-state index contributed by atoms with van der Waals surface area (Å²) in [4.78, 5) is 22.0. The fraction of sp³-hybridized carbons (Fsp3) is 0.520. The van der Waals surface area contributed by atoms with Crippen molar-refractivity contribution in [3.63, 3.8) is 0 Å². The highest BCUT2D eigenvalue weighted by Crippen LogP contribution is 2.36. The quantitative estimate of drug-likeness (QED) is 0.474. The topological polar surface area (TPSA) is 66.5 Å². The Morgan fingerprint density at radius 1 is 1.14 bits per heavy atom. The van der Waals surface area contributed by atoms with Crippen LogP contribution in [0.5, 0.6) is 0 Å². The van der Waals surface area contributed by atoms with Crippen LogP contribution in [0.4, 0.5) is 19.0 Å². The van der Waals surface area contributed by atoms with Gasteiger partial charge >= 0.3 is 12.0 Å². The smallest absolute Gasteiger partial charge is 0.395 e. The van der Waals surface area contributed by atoms with E-state index < -0.39 is 18.0 Å². The van der Waals surface area contributed by atoms with Gasteiger partial charge in [-0.3, -0.25) is 4.57 Å². The first-order chi connectivity index (χ1) is 17.6. The van der Waals surface area contributed by atoms with Gasteiger partial charge in [0.2, 0.25) is 0 Å². The van der Waals surface area contributed by atoms with Crippen LogP contribution in [0.15, 0.2) is 35.1 Å². The summed E-state index contributed by atoms with van der Waals surface area (Å²) < 4.78 is 42.6. The molecule has 2 atom stereocenters. The average Bonchev–Trinajstić information content (AvgIpc) is 3.09. The molecular weight excluding hydrogens is 530 g/mol. The average molecular weight is 558 g/mol. The number of hydrogen-bond acceptors (Lipinski definition) is 5. The number of aliphatic hydroxyl groups excluding tert-OH is 1. The van der Waals surface area contributed by atoms with Crippen LogP contribution in [0.1, 0.15) is 31.4 Å². The van der Waals surface area contributed by atoms with E-state index >= 15 is 0 Å². The molecule has 3 aromatic rings. The van der Waals surface area contributed by atoms with E-state index in [1.54, 1.807) is 25.1 Å². The van der Waals surface area contributed by atoms with Crippen molar-refractivity contribution in [3.05, 3.63) is 56.4 Å². The number of hydrogen-bond donors (Lipinski definition) is 1. The molecule has 0 bridgehead atoms. The maximum Gasteiger partial charge on any atom is 0.493 e. The second-order valence-corrected chi connectivity index (χ2v) is 10.7. The molecule has 2 saturated heterocycles. The first-order valence-corrected chi connectivity index (χ1v) is 13.1. The van der Waals surface area contributed by atoms with E-state index in [1.807, 2.05) is 4.90 Å². The van der Waals surface area contributed by atoms with E-state index in [1.165, 1.54) is 12.1 Å². The van der Waals surface area contributed by atoms with E-state index in [0.717, 1.165) is 43.6 Å². The normalized spacial score (nSPS) is 20.4. The Morgan fingerprint density at radius 2 is 1.89 bits per heavy atom. The minimum absolute atomic E-state index is 0.0476. The second-order valence-electron chi connectivity index (χ2n) is 9.90. The van der Waals surface area contributed by atoms with Crippen LogP contribution in [0.3, 0.4) is 0 Å². The lowest BCUT2D eigenvalue weighted by Crippen LogP contribution is -2.54. The molecule has 1 aromatic carbocycles. The van der Waals surface area contributed by atoms with Crippen molar-refractivity contribution < 1.29 is 18.3 Å². The van der Waals surface area contributed by atoms with Crippen LogP contribution < -0.4 is 10.6 Å². The van der Waals surface area contributed by atoms with Gasteiger partial charge < -0.3 is 14.9 Å². The summed E-state index contributed by atoms with van der Waals surface area (Å²) >= 11 is 12.3. The van der Waals surface area contributed by atoms with Crippen molar-refractivity contribution in [1.29, 1.82) is 0 Å². The lowest BCUT2D eigenvalue weighted by atomic mass is 9.80. The summed E-state index contributed by atoms with van der Waals surface area (Å²) in [6.45, 7) is 5.87. The molecule has 12 heteroatoms. The maximum atomic E-state index is 13.9. The Balaban J connectivity index is 1.47. The number of piperidine rings is 1. The number of alkyl halides is 3. The fourth-order valence-corrected chi connectivity index (χ4v) is 6.22. The Morgan fingerprint density at radius 3 is 2.57 bits per heavy atom. The van der Waals surface area contributed by atoms with Crippen LogP contribution in [0, 0.1) is 11.8 Å². The Bertz CT molecular complexity index is 1350. The van der Waals surface area contributed by atoms with E-state index in [4.69, 9.17) is 23.2 Å². The van der Waals surface area contributed by atoms with E-state index in [9.17, 15) is 23.1 Å². The molecule has 0 saturated carbocycles. The molecule has 200 valence electrons. The van der Waals surface area contributed by atoms with Crippen molar-refractivity contribution in [2.75, 3.05) is 44.2 Å². The van der Waals surface area contributed by atoms with Gasteiger partial charge in [-0.1, -0.05) is 29.3 Å². The van der Waals surface area contributed by atoms with Gasteiger partial charge in [-0.05, 0) is 68.0 Å². The monoisotopic (exact) mass is 557 g/mol. The number of aromatic nitrogens is 3. The number of benzene rings is 1. The van der Waals surface area contributed by atoms with Crippen LogP contribution in [-0.4, -0.2) is 63.5 Å². The van der Waals surface area contributed by atoms with E-state index in [-0.39, 0.29) is 27.4 Å². The van der Waals surface area contributed by atoms with Crippen molar-refractivity contribution in [1.82, 2.24) is 19.0 Å². The number of nitrogens with zero attached hydrogens (tertiary/aromatic N) is 5. The molecule has 2 aromatic heterocycles. The first kappa shape index (κ1) is 26.3. The zero-order chi connectivity index (χ0) is 26.5. The minimum atomic E-state index is -4.91. The number of halogens is 5. The predicted octanol–water partition coefficient (Wildman–Crippen LogP) is 4.73. The number of likely N-dealkylation sites (tertiary alicyclic amines) is 1. The lowest BCUT2D eigenvalue weighted by Gasteiger charge is -2.47. The van der Waals surface area contributed by atoms with Crippen LogP contribution in [-0.2, 0) is 6.30 Å². The summed E-state index contributed by atoms with van der Waals surface area (Å²) in [6.07, 6.45) is -2.69. The molecule has 2 fully saturated rings. The van der Waals surface area contributed by atoms with Gasteiger partial charge in [-0.2, -0.15) is 4.57 Å². The molecule has 0 unspecified atom stereocenters. The number of anilines is 1. The van der Waals surface area contributed by atoms with Gasteiger partial charge in [-0.25, -0.2) is 9.78 Å². The number of β-amino-alcohol motifs (C(OH)–C–C–N with tert-alkyl or cyclic N) is 1. The summed E-state index contributed by atoms with van der Waals surface area (Å²) in [5.74, 6) is 1.50. The van der Waals surface area contributed by atoms with E-state index in [2.05, 4.69) is 9.88 Å². The molecule has 5 rings (SSSR count). The van der Waals surface area contributed by atoms with Gasteiger partial charge in [0, 0.05) is 36.2 Å². The largest absolute Gasteiger partial charge is 0.493 e. The number of rotatable bonds is 6. The highest BCUT2D eigenvalue weighted by Gasteiger charge is 2.39. The van der Waals surface area contributed by atoms with Crippen LogP contribution >= 0.6 is 23.2 Å². The van der Waals surface area contributed by atoms with Gasteiger partial charge in [0.15, 0.2) is 5.65 Å². The summed E-state index contributed by atoms with van der Waals surface area (Å²) in [5.41, 5.74) is -1.11. The molecule has 4 heterocycles. The molecule has 2 aliphatic heterocycles. The Labute approximate surface area is 222 Å². The van der Waals surface area contributed by atoms with Gasteiger partial charge in [0.25, 0.3) is 0 Å². The molecule has 0 spiro atoms. The van der Waals surface area contributed by atoms with Gasteiger partial charge in [0.1, 0.15) is 5.82 Å². The molecule has 1 N–H and O–H groups in total. The van der Waals surface area contributed by atoms with Gasteiger partial charge in [0.05, 0.1) is 18.2 Å². The molecule has 0 aliphatic carbocycles. The lowest BCUT2D eigenvalue weighted by molar-refractivity contribution is -0.203. The summed E-state index contributed by atoms with van der Waals surface area (Å²) in [7, 11) is 0. The molecule has 7 nitrogen and oxygen atoms in total. The fourth-order valence-electron chi connectivity index (χ4n) is 5.65. The SMILES string of the molecule is C[C@H](c1ccc(Cl)cc1Cl)n1c(=O)n(C(F)(F)F)c2ccc(N3CC([C@H]4CCCN(CCO)C4)C3)nc21. The Hall–Kier alpha value is -2.27. The minimum Gasteiger partial charge on any atom is -0.395 e. The highest BCUT2D eigenvalue weighted by atomic mass is 35.5. The standard InChI is InChI=1S/C25H28Cl2F3N5O2/c1-15(19-5-4-18(26)11-20(19)27)34-23-21(35(24(34)37)25(28,29)30)6-7-22(31-23)33-13-17(14-33)16-3-2-8-32(12-16)9-10-36/h4-7,11,15-17,36H,2-3,8-10,12-14H2,1H3/t15-,16+/m1/s1. The second kappa shape index (κ2) is 10.1. The van der Waals surface area contributed by atoms with E-state index in [0.29, 0.717) is 34.8 Å². The number of aliphatic hydroxyl groups is 1. The van der Waals surface area contributed by atoms with Crippen LogP contribution in [0.25, 0.3) is 11.2 Å². The molecule has 37 heavy (non-hydrogen) atoms. The molecular formula is C25H28Cl2F3N5O2. The number of pyridine rings is 1. The third-order valence-corrected chi connectivity index (χ3v) is 8.18. The number of fused-ring (bicyclic) bond motifs is 1. The maximum absolute atomic E-state index is 13.9. The third-order valence-electron chi connectivity index (χ3n) is 7.62. The van der Waals surface area contributed by atoms with Crippen molar-refractivity contribution in [2.24, 2.45) is 11.8 Å². The first-order valence-electron chi connectivity index (χ1n) is 12.3. The van der Waals surface area contributed by atoms with Crippen LogP contribution in [0.2, 0.25) is 10.0 Å². The highest BCUT2D eigenvalue weighted by molar-refractivity contribution is 6.35. The summed E-state index contributed by atoms with van der Waals surface area (Å²) in [5, 5.41) is 9.90. The predicted molar refractivity (Wildman–Crippen MR) is 138 cm³/mol. The zero-order valence-electron chi connectivity index (χ0n) is 20.3. The third kappa shape index (κ3) is 4.96. The Kier molecular flexibility index (Phi) is 7.21. The zero-order valence-corrected chi connectivity index (χ0v) is 21.8.